The molecule has 5 aliphatic carbocycles. The number of fused-ring (bicyclic) bond motifs is 6. The van der Waals surface area contributed by atoms with Crippen molar-refractivity contribution >= 4 is 0 Å². The smallest absolute Gasteiger partial charge is 0.0634 e. The maximum Gasteiger partial charge on any atom is 0.0634 e. The molecule has 176 valence electrons. The Hall–Kier alpha value is -0.340. The number of aliphatic hydroxyl groups is 2. The standard InChI is InChI=1S/C29H48O2/c1-18(2)7-6-8-19(3)22-17-23(30)26-20-9-10-24-27(4,21(20)11-13-28(22,26)5)14-12-25(31)29(24)15-16-29/h10,18-23,25-26,30-31H,6-9,11-17H2,1-5H3/t19-,20-,21+,22-,23-,25-,26-,27-,28-/m1/s1. The molecule has 0 saturated heterocycles. The van der Waals surface area contributed by atoms with Crippen LogP contribution in [0.3, 0.4) is 0 Å². The van der Waals surface area contributed by atoms with Crippen LogP contribution in [0.4, 0.5) is 0 Å². The number of hydrogen-bond acceptors (Lipinski definition) is 2. The van der Waals surface area contributed by atoms with E-state index >= 15 is 0 Å². The molecule has 0 aromatic rings. The first-order valence-electron chi connectivity index (χ1n) is 13.7. The van der Waals surface area contributed by atoms with Crippen LogP contribution in [0.2, 0.25) is 0 Å². The summed E-state index contributed by atoms with van der Waals surface area (Å²) in [6.07, 6.45) is 15.7. The fourth-order valence-electron chi connectivity index (χ4n) is 9.86. The van der Waals surface area contributed by atoms with Crippen molar-refractivity contribution < 1.29 is 10.2 Å². The molecular weight excluding hydrogens is 380 g/mol. The lowest BCUT2D eigenvalue weighted by Crippen LogP contribution is -2.54. The van der Waals surface area contributed by atoms with Crippen LogP contribution in [0.5, 0.6) is 0 Å². The van der Waals surface area contributed by atoms with E-state index < -0.39 is 0 Å². The van der Waals surface area contributed by atoms with Gasteiger partial charge in [0.2, 0.25) is 0 Å². The highest BCUT2D eigenvalue weighted by Crippen LogP contribution is 2.72. The van der Waals surface area contributed by atoms with Gasteiger partial charge in [0.25, 0.3) is 0 Å². The van der Waals surface area contributed by atoms with Crippen LogP contribution in [-0.4, -0.2) is 22.4 Å². The van der Waals surface area contributed by atoms with Crippen LogP contribution in [0, 0.1) is 51.8 Å². The minimum atomic E-state index is -0.113. The predicted molar refractivity (Wildman–Crippen MR) is 127 cm³/mol. The summed E-state index contributed by atoms with van der Waals surface area (Å²) in [6, 6.07) is 0. The Morgan fingerprint density at radius 2 is 1.74 bits per heavy atom. The Morgan fingerprint density at radius 1 is 1.00 bits per heavy atom. The van der Waals surface area contributed by atoms with Crippen LogP contribution in [-0.2, 0) is 0 Å². The Morgan fingerprint density at radius 3 is 2.42 bits per heavy atom. The quantitative estimate of drug-likeness (QED) is 0.475. The molecule has 9 atom stereocenters. The fraction of sp³-hybridized carbons (Fsp3) is 0.931. The van der Waals surface area contributed by atoms with Gasteiger partial charge in [0.1, 0.15) is 0 Å². The molecule has 2 nitrogen and oxygen atoms in total. The summed E-state index contributed by atoms with van der Waals surface area (Å²) < 4.78 is 0. The minimum absolute atomic E-state index is 0.106. The first-order valence-corrected chi connectivity index (χ1v) is 13.7. The van der Waals surface area contributed by atoms with Crippen molar-refractivity contribution in [3.8, 4) is 0 Å². The topological polar surface area (TPSA) is 40.5 Å². The van der Waals surface area contributed by atoms with Gasteiger partial charge in [-0.1, -0.05) is 65.5 Å². The minimum Gasteiger partial charge on any atom is -0.393 e. The number of rotatable bonds is 5. The molecule has 4 fully saturated rings. The lowest BCUT2D eigenvalue weighted by molar-refractivity contribution is -0.0898. The van der Waals surface area contributed by atoms with Gasteiger partial charge in [0, 0.05) is 5.41 Å². The van der Waals surface area contributed by atoms with Crippen LogP contribution in [0.1, 0.15) is 105 Å². The molecule has 0 heterocycles. The SMILES string of the molecule is CC(C)CCC[C@@H](C)[C@H]1C[C@@H](O)[C@H]2[C@@H]3CC=C4C5(CC5)[C@H](O)CC[C@]4(C)[C@H]3CC[C@@]21C. The molecule has 4 saturated carbocycles. The third-order valence-corrected chi connectivity index (χ3v) is 11.5. The van der Waals surface area contributed by atoms with E-state index in [1.807, 2.05) is 0 Å². The third-order valence-electron chi connectivity index (χ3n) is 11.5. The summed E-state index contributed by atoms with van der Waals surface area (Å²) in [7, 11) is 0. The van der Waals surface area contributed by atoms with Gasteiger partial charge < -0.3 is 10.2 Å². The van der Waals surface area contributed by atoms with Crippen LogP contribution < -0.4 is 0 Å². The van der Waals surface area contributed by atoms with E-state index in [-0.39, 0.29) is 23.0 Å². The van der Waals surface area contributed by atoms with Crippen LogP contribution in [0.15, 0.2) is 11.6 Å². The van der Waals surface area contributed by atoms with Gasteiger partial charge in [-0.3, -0.25) is 0 Å². The molecule has 0 aromatic carbocycles. The lowest BCUT2D eigenvalue weighted by Gasteiger charge is -2.60. The average Bonchev–Trinajstić information content (AvgIpc) is 3.44. The summed E-state index contributed by atoms with van der Waals surface area (Å²) in [5.41, 5.74) is 2.35. The van der Waals surface area contributed by atoms with Crippen molar-refractivity contribution in [1.29, 1.82) is 0 Å². The summed E-state index contributed by atoms with van der Waals surface area (Å²) in [6.45, 7) is 12.3. The molecule has 0 radical (unpaired) electrons. The highest BCUT2D eigenvalue weighted by molar-refractivity contribution is 5.37. The Labute approximate surface area is 191 Å². The van der Waals surface area contributed by atoms with Crippen molar-refractivity contribution in [1.82, 2.24) is 0 Å². The molecule has 5 rings (SSSR count). The number of allylic oxidation sites excluding steroid dienone is 1. The molecule has 0 bridgehead atoms. The maximum atomic E-state index is 11.4. The second kappa shape index (κ2) is 7.59. The van der Waals surface area contributed by atoms with E-state index in [0.29, 0.717) is 29.1 Å². The van der Waals surface area contributed by atoms with Crippen molar-refractivity contribution in [2.24, 2.45) is 51.8 Å². The maximum absolute atomic E-state index is 11.4. The van der Waals surface area contributed by atoms with Crippen LogP contribution in [0.25, 0.3) is 0 Å². The van der Waals surface area contributed by atoms with Crippen molar-refractivity contribution in [3.05, 3.63) is 11.6 Å². The molecule has 0 aliphatic heterocycles. The monoisotopic (exact) mass is 428 g/mol. The normalized spacial score (nSPS) is 48.7. The number of aliphatic hydroxyl groups excluding tert-OH is 2. The second-order valence-corrected chi connectivity index (χ2v) is 13.5. The number of hydrogen-bond donors (Lipinski definition) is 2. The van der Waals surface area contributed by atoms with Gasteiger partial charge in [-0.15, -0.1) is 0 Å². The van der Waals surface area contributed by atoms with Crippen LogP contribution >= 0.6 is 0 Å². The average molecular weight is 429 g/mol. The van der Waals surface area contributed by atoms with E-state index in [2.05, 4.69) is 40.7 Å². The lowest BCUT2D eigenvalue weighted by atomic mass is 9.45. The first kappa shape index (κ1) is 22.5. The summed E-state index contributed by atoms with van der Waals surface area (Å²) in [5, 5.41) is 22.2. The zero-order valence-electron chi connectivity index (χ0n) is 20.9. The molecule has 1 spiro atoms. The van der Waals surface area contributed by atoms with Gasteiger partial charge in [-0.2, -0.15) is 0 Å². The Balaban J connectivity index is 1.39. The zero-order valence-corrected chi connectivity index (χ0v) is 20.9. The van der Waals surface area contributed by atoms with E-state index in [9.17, 15) is 10.2 Å². The van der Waals surface area contributed by atoms with E-state index in [1.165, 1.54) is 44.9 Å². The third kappa shape index (κ3) is 3.24. The molecule has 31 heavy (non-hydrogen) atoms. The predicted octanol–water partition coefficient (Wildman–Crippen LogP) is 6.75. The molecule has 5 aliphatic rings. The first-order chi connectivity index (χ1) is 14.6. The molecule has 2 N–H and O–H groups in total. The molecule has 0 aromatic heterocycles. The van der Waals surface area contributed by atoms with E-state index in [1.54, 1.807) is 5.57 Å². The highest BCUT2D eigenvalue weighted by Gasteiger charge is 2.66. The molecule has 2 heteroatoms. The van der Waals surface area contributed by atoms with E-state index in [0.717, 1.165) is 37.5 Å². The fourth-order valence-corrected chi connectivity index (χ4v) is 9.86. The van der Waals surface area contributed by atoms with E-state index in [4.69, 9.17) is 0 Å². The largest absolute Gasteiger partial charge is 0.393 e. The van der Waals surface area contributed by atoms with Crippen molar-refractivity contribution in [3.63, 3.8) is 0 Å². The summed E-state index contributed by atoms with van der Waals surface area (Å²) >= 11 is 0. The molecular formula is C29H48O2. The Kier molecular flexibility index (Phi) is 5.50. The van der Waals surface area contributed by atoms with Crippen molar-refractivity contribution in [2.75, 3.05) is 0 Å². The molecule has 0 amide bonds. The van der Waals surface area contributed by atoms with Gasteiger partial charge in [-0.05, 0) is 97.7 Å². The second-order valence-electron chi connectivity index (χ2n) is 13.5. The van der Waals surface area contributed by atoms with Gasteiger partial charge in [-0.25, -0.2) is 0 Å². The highest BCUT2D eigenvalue weighted by atomic mass is 16.3. The molecule has 0 unspecified atom stereocenters. The zero-order chi connectivity index (χ0) is 22.2. The van der Waals surface area contributed by atoms with Crippen molar-refractivity contribution in [2.45, 2.75) is 117 Å². The van der Waals surface area contributed by atoms with Gasteiger partial charge >= 0.3 is 0 Å². The summed E-state index contributed by atoms with van der Waals surface area (Å²) in [5.74, 6) is 4.03. The van der Waals surface area contributed by atoms with Gasteiger partial charge in [0.15, 0.2) is 0 Å². The van der Waals surface area contributed by atoms with Gasteiger partial charge in [0.05, 0.1) is 12.2 Å². The summed E-state index contributed by atoms with van der Waals surface area (Å²) in [4.78, 5) is 0. The Bertz CT molecular complexity index is 720.